The van der Waals surface area contributed by atoms with Gasteiger partial charge in [-0.15, -0.1) is 37.2 Å². The van der Waals surface area contributed by atoms with Crippen molar-refractivity contribution >= 4 is 59.4 Å². The monoisotopic (exact) mass is 266 g/mol. The Labute approximate surface area is 107 Å². The summed E-state index contributed by atoms with van der Waals surface area (Å²) >= 11 is 0. The number of hydrogen-bond donors (Lipinski definition) is 2. The summed E-state index contributed by atoms with van der Waals surface area (Å²) in [6, 6.07) is 11.7. The zero-order chi connectivity index (χ0) is 8.55. The Morgan fingerprint density at radius 1 is 0.733 bits per heavy atom. The second kappa shape index (κ2) is 6.62. The van der Waals surface area contributed by atoms with E-state index >= 15 is 0 Å². The molecule has 0 bridgehead atoms. The largest absolute Gasteiger partial charge is 0.397 e. The van der Waals surface area contributed by atoms with Gasteiger partial charge in [0.05, 0.1) is 11.4 Å². The average molecular weight is 268 g/mol. The Kier molecular flexibility index (Phi) is 7.32. The molecule has 0 fully saturated rings. The second-order valence-electron chi connectivity index (χ2n) is 2.79. The molecule has 0 aromatic heterocycles. The summed E-state index contributed by atoms with van der Waals surface area (Å²) in [5, 5.41) is 2.15. The van der Waals surface area contributed by atoms with Crippen LogP contribution in [0.15, 0.2) is 36.4 Å². The fourth-order valence-electron chi connectivity index (χ4n) is 1.31. The number of halogens is 3. The van der Waals surface area contributed by atoms with Gasteiger partial charge < -0.3 is 11.5 Å². The van der Waals surface area contributed by atoms with Crippen molar-refractivity contribution < 1.29 is 0 Å². The van der Waals surface area contributed by atoms with Gasteiger partial charge in [0.15, 0.2) is 0 Å². The number of rotatable bonds is 0. The Bertz CT molecular complexity index is 432. The van der Waals surface area contributed by atoms with Gasteiger partial charge in [0, 0.05) is 5.39 Å². The molecule has 0 spiro atoms. The first-order valence-corrected chi connectivity index (χ1v) is 3.82. The van der Waals surface area contributed by atoms with Crippen LogP contribution in [0.3, 0.4) is 0 Å². The molecule has 0 aliphatic heterocycles. The van der Waals surface area contributed by atoms with Crippen LogP contribution in [0, 0.1) is 0 Å². The molecule has 5 heteroatoms. The molecular weight excluding hydrogens is 254 g/mol. The molecule has 2 rings (SSSR count). The molecule has 2 aromatic rings. The number of benzene rings is 2. The lowest BCUT2D eigenvalue weighted by atomic mass is 10.1. The third-order valence-corrected chi connectivity index (χ3v) is 2.00. The minimum absolute atomic E-state index is 0. The van der Waals surface area contributed by atoms with Crippen LogP contribution in [0.25, 0.3) is 10.8 Å². The Balaban J connectivity index is 0. The molecule has 0 radical (unpaired) electrons. The van der Waals surface area contributed by atoms with E-state index in [1.807, 2.05) is 36.4 Å². The number of anilines is 2. The fraction of sp³-hybridized carbons (Fsp3) is 0. The Morgan fingerprint density at radius 2 is 1.33 bits per heavy atom. The van der Waals surface area contributed by atoms with Crippen molar-refractivity contribution in [3.63, 3.8) is 0 Å². The first kappa shape index (κ1) is 16.6. The molecule has 0 heterocycles. The van der Waals surface area contributed by atoms with E-state index in [0.29, 0.717) is 11.4 Å². The fourth-order valence-corrected chi connectivity index (χ4v) is 1.31. The second-order valence-corrected chi connectivity index (χ2v) is 2.79. The summed E-state index contributed by atoms with van der Waals surface area (Å²) in [5.41, 5.74) is 12.8. The van der Waals surface area contributed by atoms with Crippen LogP contribution in [0.1, 0.15) is 0 Å². The van der Waals surface area contributed by atoms with E-state index in [4.69, 9.17) is 11.5 Å². The molecule has 84 valence electrons. The molecular formula is C10H13Cl3N2. The minimum Gasteiger partial charge on any atom is -0.397 e. The van der Waals surface area contributed by atoms with Gasteiger partial charge in [-0.1, -0.05) is 30.3 Å². The van der Waals surface area contributed by atoms with Crippen LogP contribution in [-0.4, -0.2) is 0 Å². The molecule has 4 N–H and O–H groups in total. The van der Waals surface area contributed by atoms with Gasteiger partial charge in [-0.05, 0) is 11.5 Å². The van der Waals surface area contributed by atoms with Gasteiger partial charge in [0.25, 0.3) is 0 Å². The smallest absolute Gasteiger partial charge is 0.0627 e. The van der Waals surface area contributed by atoms with Crippen LogP contribution >= 0.6 is 37.2 Å². The van der Waals surface area contributed by atoms with E-state index in [0.717, 1.165) is 10.8 Å². The SMILES string of the molecule is Cl.Cl.Cl.Nc1ccc2ccccc2c1N. The zero-order valence-corrected chi connectivity index (χ0v) is 10.3. The van der Waals surface area contributed by atoms with Gasteiger partial charge in [0.1, 0.15) is 0 Å². The quantitative estimate of drug-likeness (QED) is 0.720. The van der Waals surface area contributed by atoms with Crippen LogP contribution in [0.4, 0.5) is 11.4 Å². The summed E-state index contributed by atoms with van der Waals surface area (Å²) in [6.45, 7) is 0. The molecule has 0 atom stereocenters. The molecule has 15 heavy (non-hydrogen) atoms. The first-order chi connectivity index (χ1) is 5.79. The normalized spacial score (nSPS) is 8.27. The van der Waals surface area contributed by atoms with Gasteiger partial charge in [0.2, 0.25) is 0 Å². The van der Waals surface area contributed by atoms with Crippen molar-refractivity contribution in [1.29, 1.82) is 0 Å². The van der Waals surface area contributed by atoms with E-state index in [9.17, 15) is 0 Å². The van der Waals surface area contributed by atoms with Crippen LogP contribution in [0.2, 0.25) is 0 Å². The maximum absolute atomic E-state index is 5.79. The van der Waals surface area contributed by atoms with E-state index in [-0.39, 0.29) is 37.2 Å². The molecule has 0 unspecified atom stereocenters. The van der Waals surface area contributed by atoms with Crippen molar-refractivity contribution in [2.24, 2.45) is 0 Å². The zero-order valence-electron chi connectivity index (χ0n) is 7.84. The summed E-state index contributed by atoms with van der Waals surface area (Å²) in [4.78, 5) is 0. The van der Waals surface area contributed by atoms with Crippen molar-refractivity contribution in [1.82, 2.24) is 0 Å². The van der Waals surface area contributed by atoms with Gasteiger partial charge in [-0.3, -0.25) is 0 Å². The Hall–Kier alpha value is -0.830. The molecule has 2 nitrogen and oxygen atoms in total. The molecule has 0 aliphatic rings. The third-order valence-electron chi connectivity index (χ3n) is 2.00. The topological polar surface area (TPSA) is 52.0 Å². The predicted molar refractivity (Wildman–Crippen MR) is 74.5 cm³/mol. The summed E-state index contributed by atoms with van der Waals surface area (Å²) in [6.07, 6.45) is 0. The average Bonchev–Trinajstić information content (AvgIpc) is 2.12. The van der Waals surface area contributed by atoms with Crippen LogP contribution in [-0.2, 0) is 0 Å². The summed E-state index contributed by atoms with van der Waals surface area (Å²) in [7, 11) is 0. The van der Waals surface area contributed by atoms with E-state index < -0.39 is 0 Å². The number of nitrogen functional groups attached to an aromatic ring is 2. The van der Waals surface area contributed by atoms with E-state index in [1.54, 1.807) is 0 Å². The maximum atomic E-state index is 5.79. The Morgan fingerprint density at radius 3 is 2.00 bits per heavy atom. The van der Waals surface area contributed by atoms with E-state index in [2.05, 4.69) is 0 Å². The molecule has 0 aliphatic carbocycles. The van der Waals surface area contributed by atoms with E-state index in [1.165, 1.54) is 0 Å². The molecule has 0 amide bonds. The highest BCUT2D eigenvalue weighted by atomic mass is 35.5. The minimum atomic E-state index is 0. The van der Waals surface area contributed by atoms with Gasteiger partial charge >= 0.3 is 0 Å². The van der Waals surface area contributed by atoms with Crippen molar-refractivity contribution in [2.45, 2.75) is 0 Å². The summed E-state index contributed by atoms with van der Waals surface area (Å²) < 4.78 is 0. The lowest BCUT2D eigenvalue weighted by Crippen LogP contribution is -1.94. The highest BCUT2D eigenvalue weighted by molar-refractivity contribution is 5.98. The van der Waals surface area contributed by atoms with Gasteiger partial charge in [-0.25, -0.2) is 0 Å². The maximum Gasteiger partial charge on any atom is 0.0627 e. The van der Waals surface area contributed by atoms with Crippen LogP contribution in [0.5, 0.6) is 0 Å². The number of nitrogens with two attached hydrogens (primary N) is 2. The third kappa shape index (κ3) is 3.06. The van der Waals surface area contributed by atoms with Crippen molar-refractivity contribution in [2.75, 3.05) is 11.5 Å². The lowest BCUT2D eigenvalue weighted by molar-refractivity contribution is 1.71. The summed E-state index contributed by atoms with van der Waals surface area (Å²) in [5.74, 6) is 0. The molecule has 0 saturated carbocycles. The van der Waals surface area contributed by atoms with Crippen molar-refractivity contribution in [3.8, 4) is 0 Å². The predicted octanol–water partition coefficient (Wildman–Crippen LogP) is 3.27. The standard InChI is InChI=1S/C10H10N2.3ClH/c11-9-6-5-7-3-1-2-4-8(7)10(9)12;;;/h1-6H,11-12H2;3*1H. The molecule has 2 aromatic carbocycles. The highest BCUT2D eigenvalue weighted by Crippen LogP contribution is 2.25. The highest BCUT2D eigenvalue weighted by Gasteiger charge is 1.98. The number of hydrogen-bond acceptors (Lipinski definition) is 2. The van der Waals surface area contributed by atoms with Gasteiger partial charge in [-0.2, -0.15) is 0 Å². The van der Waals surface area contributed by atoms with Crippen LogP contribution < -0.4 is 11.5 Å². The first-order valence-electron chi connectivity index (χ1n) is 3.82. The molecule has 0 saturated heterocycles. The number of fused-ring (bicyclic) bond motifs is 1. The van der Waals surface area contributed by atoms with Crippen molar-refractivity contribution in [3.05, 3.63) is 36.4 Å². The lowest BCUT2D eigenvalue weighted by Gasteiger charge is -2.03.